The number of methoxy groups -OCH3 is 1. The van der Waals surface area contributed by atoms with Gasteiger partial charge in [-0.25, -0.2) is 10.4 Å². The van der Waals surface area contributed by atoms with E-state index in [4.69, 9.17) is 10.5 Å². The summed E-state index contributed by atoms with van der Waals surface area (Å²) in [6.07, 6.45) is 5.69. The number of ether oxygens (including phenoxy) is 1. The Bertz CT molecular complexity index is 1220. The molecule has 4 N–H and O–H groups in total. The lowest BCUT2D eigenvalue weighted by Crippen LogP contribution is -2.38. The van der Waals surface area contributed by atoms with Gasteiger partial charge < -0.3 is 15.8 Å². The zero-order chi connectivity index (χ0) is 23.1. The Morgan fingerprint density at radius 3 is 2.88 bits per heavy atom. The number of amides is 1. The summed E-state index contributed by atoms with van der Waals surface area (Å²) >= 11 is 1.41. The second-order valence-corrected chi connectivity index (χ2v) is 9.20. The van der Waals surface area contributed by atoms with E-state index >= 15 is 0 Å². The molecule has 5 heterocycles. The third kappa shape index (κ3) is 3.93. The van der Waals surface area contributed by atoms with Gasteiger partial charge in [-0.3, -0.25) is 19.8 Å². The fourth-order valence-corrected chi connectivity index (χ4v) is 5.49. The number of rotatable bonds is 5. The average molecular weight is 465 g/mol. The maximum Gasteiger partial charge on any atom is 0.237 e. The minimum Gasteiger partial charge on any atom is -0.496 e. The molecule has 3 aromatic heterocycles. The summed E-state index contributed by atoms with van der Waals surface area (Å²) in [5.74, 6) is 1.64. The number of pyridine rings is 2. The molecule has 2 atom stereocenters. The first-order chi connectivity index (χ1) is 15.9. The van der Waals surface area contributed by atoms with Gasteiger partial charge in [-0.15, -0.1) is 0 Å². The number of nitrogen functional groups attached to an aromatic ring is 1. The molecule has 11 heteroatoms. The molecule has 5 rings (SSSR count). The topological polar surface area (TPSA) is 131 Å². The van der Waals surface area contributed by atoms with Gasteiger partial charge in [0.25, 0.3) is 0 Å². The molecule has 1 amide bonds. The molecule has 10 nitrogen and oxygen atoms in total. The minimum absolute atomic E-state index is 0.0865. The first-order valence-electron chi connectivity index (χ1n) is 10.5. The number of nitrogens with zero attached hydrogens (tertiary/aromatic N) is 5. The third-order valence-electron chi connectivity index (χ3n) is 5.83. The number of anilines is 3. The first kappa shape index (κ1) is 21.4. The van der Waals surface area contributed by atoms with E-state index in [0.717, 1.165) is 39.0 Å². The predicted octanol–water partition coefficient (Wildman–Crippen LogP) is 2.54. The lowest BCUT2D eigenvalue weighted by molar-refractivity contribution is -0.116. The zero-order valence-electron chi connectivity index (χ0n) is 18.5. The van der Waals surface area contributed by atoms with Gasteiger partial charge in [0.15, 0.2) is 5.82 Å². The van der Waals surface area contributed by atoms with Crippen LogP contribution < -0.4 is 26.2 Å². The van der Waals surface area contributed by atoms with E-state index in [1.54, 1.807) is 31.6 Å². The highest BCUT2D eigenvalue weighted by Gasteiger charge is 2.41. The molecule has 0 fully saturated rings. The van der Waals surface area contributed by atoms with Crippen LogP contribution in [-0.2, 0) is 11.3 Å². The van der Waals surface area contributed by atoms with Crippen LogP contribution in [0, 0.1) is 13.8 Å². The maximum absolute atomic E-state index is 13.0. The molecule has 0 radical (unpaired) electrons. The SMILES string of the molecule is COc1c(C)cnc(CN2NC3CC(C(=O)Nc4ccncc4)Sc4nc(N)nc2c43)c1C. The van der Waals surface area contributed by atoms with Crippen LogP contribution in [0.4, 0.5) is 17.5 Å². The highest BCUT2D eigenvalue weighted by molar-refractivity contribution is 8.00. The van der Waals surface area contributed by atoms with Crippen molar-refractivity contribution < 1.29 is 9.53 Å². The Hall–Kier alpha value is -3.44. The molecular weight excluding hydrogens is 440 g/mol. The average Bonchev–Trinajstić information content (AvgIpc) is 3.14. The number of hydrogen-bond acceptors (Lipinski definition) is 10. The van der Waals surface area contributed by atoms with E-state index in [-0.39, 0.29) is 23.1 Å². The Kier molecular flexibility index (Phi) is 5.51. The molecule has 33 heavy (non-hydrogen) atoms. The lowest BCUT2D eigenvalue weighted by atomic mass is 10.0. The van der Waals surface area contributed by atoms with Crippen LogP contribution in [0.5, 0.6) is 5.75 Å². The number of carbonyl (C=O) groups excluding carboxylic acids is 1. The molecule has 170 valence electrons. The van der Waals surface area contributed by atoms with Crippen molar-refractivity contribution in [2.75, 3.05) is 23.2 Å². The fourth-order valence-electron chi connectivity index (χ4n) is 4.25. The number of aromatic nitrogens is 4. The smallest absolute Gasteiger partial charge is 0.237 e. The van der Waals surface area contributed by atoms with Gasteiger partial charge in [-0.2, -0.15) is 4.98 Å². The van der Waals surface area contributed by atoms with Crippen molar-refractivity contribution >= 4 is 35.1 Å². The van der Waals surface area contributed by atoms with E-state index in [2.05, 4.69) is 30.7 Å². The molecule has 0 bridgehead atoms. The summed E-state index contributed by atoms with van der Waals surface area (Å²) < 4.78 is 5.55. The summed E-state index contributed by atoms with van der Waals surface area (Å²) in [7, 11) is 1.66. The van der Waals surface area contributed by atoms with Crippen LogP contribution in [0.3, 0.4) is 0 Å². The minimum atomic E-state index is -0.329. The van der Waals surface area contributed by atoms with Crippen molar-refractivity contribution in [1.82, 2.24) is 25.4 Å². The molecule has 2 aliphatic rings. The third-order valence-corrected chi connectivity index (χ3v) is 7.05. The van der Waals surface area contributed by atoms with E-state index < -0.39 is 0 Å². The second-order valence-electron chi connectivity index (χ2n) is 8.01. The van der Waals surface area contributed by atoms with Crippen molar-refractivity contribution in [1.29, 1.82) is 0 Å². The summed E-state index contributed by atoms with van der Waals surface area (Å²) in [6, 6.07) is 3.43. The van der Waals surface area contributed by atoms with Crippen molar-refractivity contribution in [2.45, 2.75) is 43.1 Å². The number of thioether (sulfide) groups is 1. The Morgan fingerprint density at radius 1 is 1.33 bits per heavy atom. The van der Waals surface area contributed by atoms with Crippen molar-refractivity contribution in [2.24, 2.45) is 0 Å². The summed E-state index contributed by atoms with van der Waals surface area (Å²) in [5, 5.41) is 5.29. The number of carbonyl (C=O) groups is 1. The lowest BCUT2D eigenvalue weighted by Gasteiger charge is -2.26. The summed E-state index contributed by atoms with van der Waals surface area (Å²) in [5.41, 5.74) is 14.0. The highest BCUT2D eigenvalue weighted by atomic mass is 32.2. The monoisotopic (exact) mass is 464 g/mol. The zero-order valence-corrected chi connectivity index (χ0v) is 19.3. The normalized spacial score (nSPS) is 18.7. The fraction of sp³-hybridized carbons (Fsp3) is 0.318. The predicted molar refractivity (Wildman–Crippen MR) is 126 cm³/mol. The summed E-state index contributed by atoms with van der Waals surface area (Å²) in [4.78, 5) is 30.5. The highest BCUT2D eigenvalue weighted by Crippen LogP contribution is 2.47. The van der Waals surface area contributed by atoms with Crippen molar-refractivity contribution in [3.8, 4) is 5.75 Å². The molecule has 0 saturated carbocycles. The quantitative estimate of drug-likeness (QED) is 0.484. The van der Waals surface area contributed by atoms with Gasteiger partial charge in [0.05, 0.1) is 30.6 Å². The van der Waals surface area contributed by atoms with Gasteiger partial charge >= 0.3 is 0 Å². The Labute approximate surface area is 195 Å². The van der Waals surface area contributed by atoms with Crippen LogP contribution in [0.1, 0.15) is 34.8 Å². The molecule has 0 aliphatic carbocycles. The van der Waals surface area contributed by atoms with Crippen molar-refractivity contribution in [3.05, 3.63) is 53.1 Å². The number of nitrogens with one attached hydrogen (secondary N) is 2. The Balaban J connectivity index is 1.41. The molecular formula is C22H24N8O2S. The van der Waals surface area contributed by atoms with Gasteiger partial charge in [-0.1, -0.05) is 11.8 Å². The maximum atomic E-state index is 13.0. The van der Waals surface area contributed by atoms with Crippen LogP contribution >= 0.6 is 11.8 Å². The molecule has 2 aliphatic heterocycles. The number of hydrogen-bond donors (Lipinski definition) is 3. The first-order valence-corrected chi connectivity index (χ1v) is 11.4. The van der Waals surface area contributed by atoms with E-state index in [1.165, 1.54) is 11.8 Å². The van der Waals surface area contributed by atoms with Crippen molar-refractivity contribution in [3.63, 3.8) is 0 Å². The van der Waals surface area contributed by atoms with E-state index in [9.17, 15) is 4.79 Å². The molecule has 3 aromatic rings. The number of hydrazine groups is 1. The standard InChI is InChI=1S/C22H24N8O2S/c1-11-9-25-15(12(2)18(11)32-3)10-30-19-17-14(29-30)8-16(33-21(17)28-22(23)27-19)20(31)26-13-4-6-24-7-5-13/h4-7,9,14,16,29H,8,10H2,1-3H3,(H2,23,27,28)(H,24,26,31). The van der Waals surface area contributed by atoms with Crippen LogP contribution in [-0.4, -0.2) is 38.2 Å². The Morgan fingerprint density at radius 2 is 2.12 bits per heavy atom. The molecule has 0 saturated heterocycles. The van der Waals surface area contributed by atoms with Crippen LogP contribution in [0.15, 0.2) is 35.7 Å². The van der Waals surface area contributed by atoms with Crippen LogP contribution in [0.2, 0.25) is 0 Å². The molecule has 0 aromatic carbocycles. The number of aryl methyl sites for hydroxylation is 1. The van der Waals surface area contributed by atoms with Gasteiger partial charge in [0, 0.05) is 41.0 Å². The number of nitrogens with two attached hydrogens (primary N) is 1. The van der Waals surface area contributed by atoms with Gasteiger partial charge in [0.1, 0.15) is 10.8 Å². The van der Waals surface area contributed by atoms with Gasteiger partial charge in [0.2, 0.25) is 11.9 Å². The molecule has 2 unspecified atom stereocenters. The van der Waals surface area contributed by atoms with Gasteiger partial charge in [-0.05, 0) is 32.4 Å². The van der Waals surface area contributed by atoms with E-state index in [0.29, 0.717) is 18.7 Å². The second kappa shape index (κ2) is 8.49. The largest absolute Gasteiger partial charge is 0.496 e. The molecule has 0 spiro atoms. The summed E-state index contributed by atoms with van der Waals surface area (Å²) in [6.45, 7) is 4.44. The van der Waals surface area contributed by atoms with Crippen LogP contribution in [0.25, 0.3) is 0 Å². The van der Waals surface area contributed by atoms with E-state index in [1.807, 2.05) is 25.1 Å².